The van der Waals surface area contributed by atoms with Crippen LogP contribution in [0.15, 0.2) is 11.4 Å². The third-order valence-corrected chi connectivity index (χ3v) is 1.00. The van der Waals surface area contributed by atoms with Crippen LogP contribution < -0.4 is 0 Å². The van der Waals surface area contributed by atoms with Crippen LogP contribution in [0.3, 0.4) is 0 Å². The molecule has 0 aliphatic carbocycles. The maximum atomic E-state index is 2.53. The molecule has 64 valence electrons. The summed E-state index contributed by atoms with van der Waals surface area (Å²) in [6, 6.07) is 0. The van der Waals surface area contributed by atoms with Crippen molar-refractivity contribution in [3.8, 4) is 0 Å². The highest BCUT2D eigenvalue weighted by Crippen LogP contribution is 1.91. The highest BCUT2D eigenvalue weighted by Gasteiger charge is 1.60. The molecule has 0 saturated heterocycles. The van der Waals surface area contributed by atoms with Gasteiger partial charge in [0.15, 0.2) is 0 Å². The average Bonchev–Trinajstić information content (AvgIpc) is 1.94. The summed E-state index contributed by atoms with van der Waals surface area (Å²) < 4.78 is 0. The van der Waals surface area contributed by atoms with Crippen LogP contribution in [0.4, 0.5) is 0 Å². The average molecular weight is 162 g/mol. The minimum Gasteiger partial charge on any atom is -0.114 e. The molecule has 0 bridgehead atoms. The Morgan fingerprint density at radius 2 is 1.30 bits per heavy atom. The molecule has 0 rings (SSSR count). The summed E-state index contributed by atoms with van der Waals surface area (Å²) >= 11 is 0. The Morgan fingerprint density at radius 3 is 1.30 bits per heavy atom. The van der Waals surface area contributed by atoms with Crippen LogP contribution in [-0.2, 0) is 0 Å². The van der Waals surface area contributed by atoms with Gasteiger partial charge in [-0.3, -0.25) is 0 Å². The van der Waals surface area contributed by atoms with Gasteiger partial charge in [0.1, 0.15) is 0 Å². The van der Waals surface area contributed by atoms with E-state index in [0.29, 0.717) is 0 Å². The molecule has 0 heterocycles. The van der Waals surface area contributed by atoms with Gasteiger partial charge >= 0.3 is 0 Å². The van der Waals surface area contributed by atoms with Crippen LogP contribution in [0, 0.1) is 0 Å². The Labute approximate surface area is 69.3 Å². The smallest absolute Gasteiger partial charge is 0.0439 e. The topological polar surface area (TPSA) is 0 Å². The summed E-state index contributed by atoms with van der Waals surface area (Å²) in [5.41, 5.74) is 1.34. The van der Waals surface area contributed by atoms with E-state index in [2.05, 4.69) is 36.9 Å². The first kappa shape index (κ1) is 16.6. The van der Waals surface area contributed by atoms with Gasteiger partial charge < -0.3 is 0 Å². The lowest BCUT2D eigenvalue weighted by Crippen LogP contribution is -1.48. The Balaban J connectivity index is -0.0000000847. The molecular formula is C9H23P. The lowest BCUT2D eigenvalue weighted by atomic mass is 10.4. The second-order valence-corrected chi connectivity index (χ2v) is 2.28. The summed E-state index contributed by atoms with van der Waals surface area (Å²) in [6.07, 6.45) is 1.25. The summed E-state index contributed by atoms with van der Waals surface area (Å²) in [5, 5.41) is 0. The number of hydrogen-bond acceptors (Lipinski definition) is 0. The molecule has 0 aliphatic rings. The van der Waals surface area contributed by atoms with Crippen molar-refractivity contribution in [2.75, 3.05) is 0 Å². The summed E-state index contributed by atoms with van der Waals surface area (Å²) in [5.74, 6) is 2.00. The molecule has 0 fully saturated rings. The molecule has 0 amide bonds. The van der Waals surface area contributed by atoms with E-state index in [-0.39, 0.29) is 0 Å². The van der Waals surface area contributed by atoms with E-state index in [1.165, 1.54) is 12.0 Å². The van der Waals surface area contributed by atoms with Gasteiger partial charge in [-0.1, -0.05) is 45.5 Å². The molecule has 0 radical (unpaired) electrons. The number of rotatable bonds is 0. The van der Waals surface area contributed by atoms with Crippen LogP contribution in [0.2, 0.25) is 0 Å². The summed E-state index contributed by atoms with van der Waals surface area (Å²) in [6.45, 7) is 12.4. The second kappa shape index (κ2) is 22.9. The van der Waals surface area contributed by atoms with Gasteiger partial charge in [0.2, 0.25) is 0 Å². The van der Waals surface area contributed by atoms with Crippen LogP contribution in [0.1, 0.15) is 48.0 Å². The van der Waals surface area contributed by atoms with Gasteiger partial charge in [-0.25, -0.2) is 0 Å². The third-order valence-electron chi connectivity index (χ3n) is 0.333. The zero-order valence-corrected chi connectivity index (χ0v) is 9.52. The molecule has 0 aromatic carbocycles. The predicted molar refractivity (Wildman–Crippen MR) is 56.5 cm³/mol. The zero-order valence-electron chi connectivity index (χ0n) is 8.36. The minimum absolute atomic E-state index is 1.25. The van der Waals surface area contributed by atoms with Crippen molar-refractivity contribution in [3.05, 3.63) is 11.4 Å². The van der Waals surface area contributed by atoms with E-state index in [1.807, 2.05) is 19.7 Å². The molecule has 0 N–H and O–H groups in total. The van der Waals surface area contributed by atoms with Crippen molar-refractivity contribution in [1.29, 1.82) is 0 Å². The van der Waals surface area contributed by atoms with E-state index in [9.17, 15) is 0 Å². The van der Waals surface area contributed by atoms with E-state index in [0.717, 1.165) is 0 Å². The fraction of sp³-hybridized carbons (Fsp3) is 0.778. The van der Waals surface area contributed by atoms with Crippen molar-refractivity contribution >= 4 is 9.24 Å². The maximum absolute atomic E-state index is 2.53. The van der Waals surface area contributed by atoms with Gasteiger partial charge in [0, 0.05) is 0 Å². The van der Waals surface area contributed by atoms with Gasteiger partial charge in [-0.05, 0) is 13.8 Å². The predicted octanol–water partition coefficient (Wildman–Crippen LogP) is 4.23. The highest BCUT2D eigenvalue weighted by atomic mass is 31.0. The van der Waals surface area contributed by atoms with Crippen LogP contribution in [0.25, 0.3) is 0 Å². The second-order valence-electron chi connectivity index (χ2n) is 1.95. The Kier molecular flexibility index (Phi) is 38.1. The van der Waals surface area contributed by atoms with Crippen LogP contribution in [0.5, 0.6) is 0 Å². The molecule has 0 aromatic rings. The number of allylic oxidation sites excluding steroid dienone is 1. The van der Waals surface area contributed by atoms with Gasteiger partial charge in [0.05, 0.1) is 0 Å². The molecule has 0 nitrogen and oxygen atoms in total. The fourth-order valence-corrected chi connectivity index (χ4v) is 0. The first-order valence-corrected chi connectivity index (χ1v) is 4.70. The van der Waals surface area contributed by atoms with E-state index >= 15 is 0 Å². The van der Waals surface area contributed by atoms with Crippen molar-refractivity contribution in [2.45, 2.75) is 48.0 Å². The fourth-order valence-electron chi connectivity index (χ4n) is 0. The monoisotopic (exact) mass is 162 g/mol. The largest absolute Gasteiger partial charge is 0.114 e. The summed E-state index contributed by atoms with van der Waals surface area (Å²) in [7, 11) is 2.53. The molecule has 1 heteroatoms. The van der Waals surface area contributed by atoms with E-state index in [1.54, 1.807) is 0 Å². The minimum atomic E-state index is 1.25. The van der Waals surface area contributed by atoms with E-state index in [4.69, 9.17) is 0 Å². The normalized spacial score (nSPS) is 5.90. The molecule has 10 heavy (non-hydrogen) atoms. The highest BCUT2D eigenvalue weighted by molar-refractivity contribution is 7.20. The van der Waals surface area contributed by atoms with Crippen molar-refractivity contribution in [2.24, 2.45) is 0 Å². The maximum Gasteiger partial charge on any atom is -0.0439 e. The Hall–Kier alpha value is 0.170. The van der Waals surface area contributed by atoms with Crippen LogP contribution >= 0.6 is 9.24 Å². The lowest BCUT2D eigenvalue weighted by Gasteiger charge is -1.73. The Bertz CT molecular complexity index is 51.7. The van der Waals surface area contributed by atoms with Crippen LogP contribution in [-0.4, -0.2) is 0 Å². The Morgan fingerprint density at radius 1 is 1.20 bits per heavy atom. The molecular weight excluding hydrogens is 139 g/mol. The van der Waals surface area contributed by atoms with Crippen molar-refractivity contribution in [1.82, 2.24) is 0 Å². The van der Waals surface area contributed by atoms with E-state index < -0.39 is 0 Å². The molecule has 0 saturated carbocycles. The van der Waals surface area contributed by atoms with Crippen molar-refractivity contribution < 1.29 is 0 Å². The number of hydrogen-bond donors (Lipinski definition) is 0. The quantitative estimate of drug-likeness (QED) is 0.468. The van der Waals surface area contributed by atoms with Gasteiger partial charge in [-0.15, -0.1) is 9.24 Å². The first-order chi connectivity index (χ1) is 4.68. The standard InChI is InChI=1S/C4H9P.C3H8.C2H6/c1-4(2)3-5;1-3-2;1-2/h3H,5H2,1-2H3;3H2,1-2H3;1-2H3. The SMILES string of the molecule is CC.CC(C)=CP.CCC. The van der Waals surface area contributed by atoms with Gasteiger partial charge in [0.25, 0.3) is 0 Å². The third kappa shape index (κ3) is 89.2. The molecule has 0 spiro atoms. The molecule has 1 unspecified atom stereocenters. The first-order valence-electron chi connectivity index (χ1n) is 4.04. The molecule has 1 atom stereocenters. The lowest BCUT2D eigenvalue weighted by molar-refractivity contribution is 1.09. The zero-order chi connectivity index (χ0) is 8.99. The summed E-state index contributed by atoms with van der Waals surface area (Å²) in [4.78, 5) is 0. The molecule has 0 aliphatic heterocycles. The van der Waals surface area contributed by atoms with Crippen molar-refractivity contribution in [3.63, 3.8) is 0 Å². The van der Waals surface area contributed by atoms with Gasteiger partial charge in [-0.2, -0.15) is 0 Å². The molecule has 0 aromatic heterocycles.